The Morgan fingerprint density at radius 3 is 2.28 bits per heavy atom. The molecule has 0 radical (unpaired) electrons. The molecule has 2 aromatic rings. The van der Waals surface area contributed by atoms with E-state index in [4.69, 9.17) is 4.78 Å². The van der Waals surface area contributed by atoms with E-state index < -0.39 is 75.6 Å². The maximum Gasteiger partial charge on any atom is 0.492 e. The average molecular weight is 541 g/mol. The van der Waals surface area contributed by atoms with Gasteiger partial charge in [-0.15, -0.1) is 0 Å². The van der Waals surface area contributed by atoms with Gasteiger partial charge in [-0.1, -0.05) is 18.2 Å². The topological polar surface area (TPSA) is 93.5 Å². The molecule has 198 valence electrons. The maximum atomic E-state index is 15.4. The zero-order valence-electron chi connectivity index (χ0n) is 18.9. The largest absolute Gasteiger partial charge is 0.492 e. The number of hydrogen-bond donors (Lipinski definition) is 3. The fourth-order valence-electron chi connectivity index (χ4n) is 4.00. The Labute approximate surface area is 202 Å². The van der Waals surface area contributed by atoms with E-state index in [0.717, 1.165) is 26.0 Å². The van der Waals surface area contributed by atoms with Crippen LogP contribution in [0.15, 0.2) is 36.4 Å². The highest BCUT2D eigenvalue weighted by Gasteiger charge is 2.52. The van der Waals surface area contributed by atoms with Crippen LogP contribution in [0.1, 0.15) is 19.4 Å². The zero-order chi connectivity index (χ0) is 27.2. The number of carbonyl (C=O) groups excluding carboxylic acids is 1. The minimum atomic E-state index is -5.57. The molecule has 0 aromatic heterocycles. The van der Waals surface area contributed by atoms with Gasteiger partial charge in [0.2, 0.25) is 9.92 Å². The van der Waals surface area contributed by atoms with Crippen LogP contribution in [0.4, 0.5) is 30.7 Å². The van der Waals surface area contributed by atoms with Crippen LogP contribution < -0.4 is 4.72 Å². The summed E-state index contributed by atoms with van der Waals surface area (Å²) in [5.41, 5.74) is -8.38. The van der Waals surface area contributed by atoms with Gasteiger partial charge in [0.05, 0.1) is 18.6 Å². The minimum Gasteiger partial charge on any atom is -0.381 e. The first-order chi connectivity index (χ1) is 16.4. The van der Waals surface area contributed by atoms with Crippen molar-refractivity contribution in [2.24, 2.45) is 0 Å². The summed E-state index contributed by atoms with van der Waals surface area (Å²) in [6.07, 6.45) is -2.89. The van der Waals surface area contributed by atoms with Crippen LogP contribution >= 0.6 is 0 Å². The highest BCUT2D eigenvalue weighted by molar-refractivity contribution is 7.91. The van der Waals surface area contributed by atoms with Crippen molar-refractivity contribution in [2.75, 3.05) is 6.54 Å². The first-order valence-electron chi connectivity index (χ1n) is 10.5. The van der Waals surface area contributed by atoms with Crippen molar-refractivity contribution in [3.63, 3.8) is 0 Å². The van der Waals surface area contributed by atoms with Crippen molar-refractivity contribution in [1.82, 2.24) is 9.62 Å². The van der Waals surface area contributed by atoms with E-state index in [1.165, 1.54) is 22.9 Å². The van der Waals surface area contributed by atoms with Crippen molar-refractivity contribution < 1.29 is 44.8 Å². The lowest BCUT2D eigenvalue weighted by Crippen LogP contribution is -2.54. The lowest BCUT2D eigenvalue weighted by molar-refractivity contribution is -0.149. The highest BCUT2D eigenvalue weighted by Crippen LogP contribution is 2.33. The number of alkyl halides is 4. The Hall–Kier alpha value is -2.71. The summed E-state index contributed by atoms with van der Waals surface area (Å²) in [5, 5.41) is 10.1. The molecule has 1 heterocycles. The van der Waals surface area contributed by atoms with Gasteiger partial charge in [0.1, 0.15) is 29.2 Å². The molecule has 14 heteroatoms. The van der Waals surface area contributed by atoms with Gasteiger partial charge in [-0.05, 0) is 43.5 Å². The third kappa shape index (κ3) is 5.65. The predicted molar refractivity (Wildman–Crippen MR) is 116 cm³/mol. The molecular weight excluding hydrogens is 519 g/mol. The van der Waals surface area contributed by atoms with Gasteiger partial charge < -0.3 is 10.0 Å². The smallest absolute Gasteiger partial charge is 0.381 e. The van der Waals surface area contributed by atoms with Gasteiger partial charge in [0.25, 0.3) is 5.91 Å². The Balaban J connectivity index is 2.06. The molecule has 0 saturated carbocycles. The second kappa shape index (κ2) is 9.63. The van der Waals surface area contributed by atoms with E-state index >= 15 is 4.39 Å². The van der Waals surface area contributed by atoms with Crippen molar-refractivity contribution in [3.8, 4) is 11.1 Å². The Bertz CT molecular complexity index is 1240. The van der Waals surface area contributed by atoms with Gasteiger partial charge >= 0.3 is 5.51 Å². The first kappa shape index (κ1) is 27.9. The molecule has 4 atom stereocenters. The lowest BCUT2D eigenvalue weighted by atomic mass is 9.95. The number of aliphatic hydroxyl groups is 1. The standard InChI is InChI=1S/C22H22F7N3O3S/c1-21(2,34)20(33)32-10-16(25)19(31-36(30,35)22(27,28)29)17(32)8-11-4-3-5-15(18(11)26)12-6-13(23)9-14(24)7-12/h3-7,9,16-17,19,34H,8,10H2,1-2H3,(H2,30,31,35)/t16-,17-,19-,36?/m0/s1. The SMILES string of the molecule is CC(C)(O)C(=O)N1C[C@H](F)[C@H](NS(=N)(=O)C(F)(F)F)[C@@H]1Cc1cccc(-c2cc(F)cc(F)c2)c1F. The van der Waals surface area contributed by atoms with Gasteiger partial charge in [0.15, 0.2) is 0 Å². The maximum absolute atomic E-state index is 15.4. The van der Waals surface area contributed by atoms with Crippen LogP contribution in [0, 0.1) is 22.2 Å². The van der Waals surface area contributed by atoms with Crippen LogP contribution in [-0.4, -0.2) is 56.0 Å². The van der Waals surface area contributed by atoms with Crippen LogP contribution in [-0.2, 0) is 21.1 Å². The molecule has 1 fully saturated rings. The number of nitrogens with zero attached hydrogens (tertiary/aromatic N) is 1. The van der Waals surface area contributed by atoms with Crippen molar-refractivity contribution >= 4 is 15.8 Å². The summed E-state index contributed by atoms with van der Waals surface area (Å²) in [5.74, 6) is -4.11. The Morgan fingerprint density at radius 1 is 1.17 bits per heavy atom. The molecule has 1 aliphatic heterocycles. The molecule has 0 aliphatic carbocycles. The Kier molecular flexibility index (Phi) is 7.46. The number of likely N-dealkylation sites (tertiary alicyclic amines) is 1. The zero-order valence-corrected chi connectivity index (χ0v) is 19.7. The number of benzene rings is 2. The van der Waals surface area contributed by atoms with Crippen LogP contribution in [0.25, 0.3) is 11.1 Å². The van der Waals surface area contributed by atoms with E-state index in [0.29, 0.717) is 11.0 Å². The molecule has 1 aliphatic rings. The van der Waals surface area contributed by atoms with Gasteiger partial charge in [-0.25, -0.2) is 31.3 Å². The van der Waals surface area contributed by atoms with Crippen molar-refractivity contribution in [1.29, 1.82) is 4.78 Å². The number of rotatable bonds is 6. The van der Waals surface area contributed by atoms with Crippen molar-refractivity contribution in [3.05, 3.63) is 59.4 Å². The van der Waals surface area contributed by atoms with E-state index in [-0.39, 0.29) is 16.7 Å². The lowest BCUT2D eigenvalue weighted by Gasteiger charge is -2.32. The highest BCUT2D eigenvalue weighted by atomic mass is 32.2. The molecule has 6 nitrogen and oxygen atoms in total. The Morgan fingerprint density at radius 2 is 1.75 bits per heavy atom. The molecule has 3 N–H and O–H groups in total. The van der Waals surface area contributed by atoms with E-state index in [2.05, 4.69) is 0 Å². The normalized spacial score (nSPS) is 22.5. The second-order valence-corrected chi connectivity index (χ2v) is 10.7. The third-order valence-corrected chi connectivity index (χ3v) is 6.93. The third-order valence-electron chi connectivity index (χ3n) is 5.67. The summed E-state index contributed by atoms with van der Waals surface area (Å²) in [6, 6.07) is 2.30. The monoisotopic (exact) mass is 541 g/mol. The molecule has 0 bridgehead atoms. The number of hydrogen-bond acceptors (Lipinski definition) is 4. The van der Waals surface area contributed by atoms with Crippen LogP contribution in [0.2, 0.25) is 0 Å². The van der Waals surface area contributed by atoms with Crippen LogP contribution in [0.5, 0.6) is 0 Å². The quantitative estimate of drug-likeness (QED) is 0.482. The second-order valence-electron chi connectivity index (χ2n) is 8.89. The van der Waals surface area contributed by atoms with Crippen LogP contribution in [0.3, 0.4) is 0 Å². The molecule has 0 spiro atoms. The molecule has 1 unspecified atom stereocenters. The van der Waals surface area contributed by atoms with Gasteiger partial charge in [-0.2, -0.15) is 13.2 Å². The fraction of sp³-hybridized carbons (Fsp3) is 0.409. The molecule has 36 heavy (non-hydrogen) atoms. The predicted octanol–water partition coefficient (Wildman–Crippen LogP) is 4.07. The molecule has 1 saturated heterocycles. The number of nitrogens with one attached hydrogen (secondary N) is 2. The number of halogens is 7. The fourth-order valence-corrected chi connectivity index (χ4v) is 4.82. The number of amides is 1. The summed E-state index contributed by atoms with van der Waals surface area (Å²) >= 11 is 0. The summed E-state index contributed by atoms with van der Waals surface area (Å²) < 4.78 is 117. The summed E-state index contributed by atoms with van der Waals surface area (Å²) in [7, 11) is -5.56. The van der Waals surface area contributed by atoms with E-state index in [9.17, 15) is 40.5 Å². The molecular formula is C22H22F7N3O3S. The van der Waals surface area contributed by atoms with E-state index in [1.54, 1.807) is 0 Å². The van der Waals surface area contributed by atoms with Crippen molar-refractivity contribution in [2.45, 2.75) is 49.6 Å². The molecule has 1 amide bonds. The summed E-state index contributed by atoms with van der Waals surface area (Å²) in [6.45, 7) is 1.29. The van der Waals surface area contributed by atoms with Gasteiger partial charge in [0, 0.05) is 11.6 Å². The minimum absolute atomic E-state index is 0.188. The molecule has 3 rings (SSSR count). The average Bonchev–Trinajstić information content (AvgIpc) is 3.01. The van der Waals surface area contributed by atoms with E-state index in [1.807, 2.05) is 0 Å². The number of carbonyl (C=O) groups is 1. The summed E-state index contributed by atoms with van der Waals surface area (Å²) in [4.78, 5) is 13.4. The first-order valence-corrected chi connectivity index (χ1v) is 12.0. The molecule has 2 aromatic carbocycles. The van der Waals surface area contributed by atoms with Gasteiger partial charge in [-0.3, -0.25) is 4.79 Å².